The molecule has 2 saturated heterocycles. The zero-order valence-electron chi connectivity index (χ0n) is 17.8. The molecule has 31 heavy (non-hydrogen) atoms. The molecule has 1 amide bonds. The number of anilines is 1. The van der Waals surface area contributed by atoms with E-state index in [4.69, 9.17) is 9.15 Å². The molecule has 2 atom stereocenters. The molecule has 2 aromatic rings. The highest BCUT2D eigenvalue weighted by atomic mass is 16.5. The van der Waals surface area contributed by atoms with Crippen molar-refractivity contribution in [2.24, 2.45) is 0 Å². The smallest absolute Gasteiger partial charge is 0.224 e. The average molecular weight is 426 g/mol. The van der Waals surface area contributed by atoms with E-state index in [1.54, 1.807) is 6.26 Å². The number of hydrogen-bond acceptors (Lipinski definition) is 6. The first-order chi connectivity index (χ1) is 15.1. The number of fused-ring (bicyclic) bond motifs is 1. The number of β-amino-alcohol motifs (C(OH)–C–C–N with tert-alkyl or cyclic N) is 1. The van der Waals surface area contributed by atoms with Crippen LogP contribution in [0.4, 0.5) is 5.69 Å². The molecule has 166 valence electrons. The summed E-state index contributed by atoms with van der Waals surface area (Å²) in [4.78, 5) is 16.5. The summed E-state index contributed by atoms with van der Waals surface area (Å²) in [6, 6.07) is 10.3. The SMILES string of the molecule is O=C1CCc2ccc(O[C@@H]3CCN(C4CCN(Cc5ccco5)CC4)C[C@H]3O)cc2N1. The molecule has 2 fully saturated rings. The van der Waals surface area contributed by atoms with E-state index >= 15 is 0 Å². The molecule has 3 aliphatic heterocycles. The standard InChI is InChI=1S/C24H31N3O4/c28-22-16-27(18-7-10-26(11-8-18)15-20-2-1-13-30-20)12-9-23(22)31-19-5-3-17-4-6-24(29)25-21(17)14-19/h1-3,5,13-14,18,22-23,28H,4,6-12,15-16H2,(H,25,29)/t22-,23-/m1/s1. The van der Waals surface area contributed by atoms with Crippen LogP contribution in [0.3, 0.4) is 0 Å². The predicted molar refractivity (Wildman–Crippen MR) is 117 cm³/mol. The fourth-order valence-electron chi connectivity index (χ4n) is 5.07. The molecule has 0 saturated carbocycles. The van der Waals surface area contributed by atoms with E-state index in [0.29, 0.717) is 24.8 Å². The number of nitrogens with one attached hydrogen (secondary N) is 1. The molecule has 7 nitrogen and oxygen atoms in total. The van der Waals surface area contributed by atoms with Crippen molar-refractivity contribution < 1.29 is 19.1 Å². The molecule has 0 unspecified atom stereocenters. The molecule has 0 bridgehead atoms. The lowest BCUT2D eigenvalue weighted by Crippen LogP contribution is -2.54. The number of furan rings is 1. The van der Waals surface area contributed by atoms with Crippen molar-refractivity contribution in [2.45, 2.75) is 56.9 Å². The number of ether oxygens (including phenoxy) is 1. The quantitative estimate of drug-likeness (QED) is 0.767. The van der Waals surface area contributed by atoms with Gasteiger partial charge in [-0.2, -0.15) is 0 Å². The van der Waals surface area contributed by atoms with Crippen molar-refractivity contribution in [1.82, 2.24) is 9.80 Å². The molecule has 7 heteroatoms. The maximum absolute atomic E-state index is 11.7. The van der Waals surface area contributed by atoms with Crippen molar-refractivity contribution >= 4 is 11.6 Å². The Morgan fingerprint density at radius 2 is 2.00 bits per heavy atom. The van der Waals surface area contributed by atoms with Gasteiger partial charge in [-0.3, -0.25) is 14.6 Å². The van der Waals surface area contributed by atoms with Gasteiger partial charge >= 0.3 is 0 Å². The van der Waals surface area contributed by atoms with E-state index in [1.165, 1.54) is 0 Å². The van der Waals surface area contributed by atoms with Gasteiger partial charge in [0.1, 0.15) is 23.7 Å². The minimum atomic E-state index is -0.513. The second-order valence-corrected chi connectivity index (χ2v) is 8.96. The number of carbonyl (C=O) groups is 1. The van der Waals surface area contributed by atoms with Gasteiger partial charge in [-0.1, -0.05) is 6.07 Å². The zero-order chi connectivity index (χ0) is 21.2. The van der Waals surface area contributed by atoms with Gasteiger partial charge < -0.3 is 19.6 Å². The normalized spacial score (nSPS) is 25.8. The highest BCUT2D eigenvalue weighted by molar-refractivity contribution is 5.94. The van der Waals surface area contributed by atoms with Crippen LogP contribution in [-0.2, 0) is 17.8 Å². The summed E-state index contributed by atoms with van der Waals surface area (Å²) in [7, 11) is 0. The van der Waals surface area contributed by atoms with Gasteiger partial charge in [-0.25, -0.2) is 0 Å². The third kappa shape index (κ3) is 4.79. The molecule has 0 radical (unpaired) electrons. The number of aliphatic hydroxyl groups is 1. The Morgan fingerprint density at radius 1 is 1.13 bits per heavy atom. The van der Waals surface area contributed by atoms with Crippen LogP contribution in [0.1, 0.15) is 37.0 Å². The van der Waals surface area contributed by atoms with Crippen LogP contribution in [0.5, 0.6) is 5.75 Å². The fraction of sp³-hybridized carbons (Fsp3) is 0.542. The predicted octanol–water partition coefficient (Wildman–Crippen LogP) is 2.64. The molecule has 4 heterocycles. The molecule has 5 rings (SSSR count). The Balaban J connectivity index is 1.12. The lowest BCUT2D eigenvalue weighted by atomic mass is 9.97. The number of hydrogen-bond donors (Lipinski definition) is 2. The molecular formula is C24H31N3O4. The van der Waals surface area contributed by atoms with E-state index in [9.17, 15) is 9.90 Å². The third-order valence-electron chi connectivity index (χ3n) is 6.85. The maximum Gasteiger partial charge on any atom is 0.224 e. The second kappa shape index (κ2) is 9.02. The monoisotopic (exact) mass is 425 g/mol. The van der Waals surface area contributed by atoms with Crippen LogP contribution in [-0.4, -0.2) is 65.2 Å². The second-order valence-electron chi connectivity index (χ2n) is 8.96. The largest absolute Gasteiger partial charge is 0.488 e. The first-order valence-electron chi connectivity index (χ1n) is 11.4. The first kappa shape index (κ1) is 20.5. The summed E-state index contributed by atoms with van der Waals surface area (Å²) in [5, 5.41) is 13.7. The molecular weight excluding hydrogens is 394 g/mol. The number of likely N-dealkylation sites (tertiary alicyclic amines) is 2. The number of benzene rings is 1. The first-order valence-corrected chi connectivity index (χ1v) is 11.4. The lowest BCUT2D eigenvalue weighted by molar-refractivity contribution is -0.116. The zero-order valence-corrected chi connectivity index (χ0v) is 17.8. The highest BCUT2D eigenvalue weighted by Gasteiger charge is 2.34. The van der Waals surface area contributed by atoms with E-state index < -0.39 is 6.10 Å². The van der Waals surface area contributed by atoms with Gasteiger partial charge in [-0.15, -0.1) is 0 Å². The van der Waals surface area contributed by atoms with E-state index in [-0.39, 0.29) is 12.0 Å². The Hall–Kier alpha value is -2.35. The van der Waals surface area contributed by atoms with Crippen molar-refractivity contribution in [3.63, 3.8) is 0 Å². The summed E-state index contributed by atoms with van der Waals surface area (Å²) >= 11 is 0. The molecule has 0 aliphatic carbocycles. The molecule has 1 aromatic carbocycles. The van der Waals surface area contributed by atoms with E-state index in [2.05, 4.69) is 15.1 Å². The van der Waals surface area contributed by atoms with Crippen LogP contribution in [0.2, 0.25) is 0 Å². The number of carbonyl (C=O) groups excluding carboxylic acids is 1. The summed E-state index contributed by atoms with van der Waals surface area (Å²) in [5.74, 6) is 1.78. The minimum absolute atomic E-state index is 0.0493. The average Bonchev–Trinajstić information content (AvgIpc) is 3.28. The van der Waals surface area contributed by atoms with Crippen LogP contribution >= 0.6 is 0 Å². The summed E-state index contributed by atoms with van der Waals surface area (Å²) in [6.45, 7) is 4.57. The van der Waals surface area contributed by atoms with Crippen LogP contribution in [0.25, 0.3) is 0 Å². The fourth-order valence-corrected chi connectivity index (χ4v) is 5.07. The van der Waals surface area contributed by atoms with Crippen LogP contribution in [0.15, 0.2) is 41.0 Å². The molecule has 3 aliphatic rings. The number of nitrogens with zero attached hydrogens (tertiary/aromatic N) is 2. The van der Waals surface area contributed by atoms with E-state index in [1.807, 2.05) is 30.3 Å². The minimum Gasteiger partial charge on any atom is -0.488 e. The van der Waals surface area contributed by atoms with Gasteiger partial charge in [-0.05, 0) is 49.4 Å². The number of aryl methyl sites for hydroxylation is 1. The Kier molecular flexibility index (Phi) is 5.98. The van der Waals surface area contributed by atoms with Gasteiger partial charge in [0.15, 0.2) is 0 Å². The summed E-state index contributed by atoms with van der Waals surface area (Å²) in [6.07, 6.45) is 5.34. The maximum atomic E-state index is 11.7. The summed E-state index contributed by atoms with van der Waals surface area (Å²) < 4.78 is 11.6. The number of aliphatic hydroxyl groups excluding tert-OH is 1. The Labute approximate surface area is 183 Å². The molecule has 1 aromatic heterocycles. The van der Waals surface area contributed by atoms with Crippen molar-refractivity contribution in [2.75, 3.05) is 31.5 Å². The Morgan fingerprint density at radius 3 is 2.77 bits per heavy atom. The van der Waals surface area contributed by atoms with Gasteiger partial charge in [0.2, 0.25) is 5.91 Å². The number of rotatable bonds is 5. The number of amides is 1. The number of piperidine rings is 2. The molecule has 2 N–H and O–H groups in total. The Bertz CT molecular complexity index is 892. The lowest BCUT2D eigenvalue weighted by Gasteiger charge is -2.43. The summed E-state index contributed by atoms with van der Waals surface area (Å²) in [5.41, 5.74) is 1.97. The third-order valence-corrected chi connectivity index (χ3v) is 6.85. The van der Waals surface area contributed by atoms with Gasteiger partial charge in [0.25, 0.3) is 0 Å². The van der Waals surface area contributed by atoms with Crippen LogP contribution < -0.4 is 10.1 Å². The van der Waals surface area contributed by atoms with Crippen LogP contribution in [0, 0.1) is 0 Å². The van der Waals surface area contributed by atoms with Crippen molar-refractivity contribution in [1.29, 1.82) is 0 Å². The molecule has 0 spiro atoms. The highest BCUT2D eigenvalue weighted by Crippen LogP contribution is 2.30. The van der Waals surface area contributed by atoms with Gasteiger partial charge in [0, 0.05) is 50.4 Å². The van der Waals surface area contributed by atoms with Gasteiger partial charge in [0.05, 0.1) is 12.8 Å². The topological polar surface area (TPSA) is 78.2 Å². The van der Waals surface area contributed by atoms with Crippen molar-refractivity contribution in [3.8, 4) is 5.75 Å². The van der Waals surface area contributed by atoms with E-state index in [0.717, 1.165) is 68.9 Å². The van der Waals surface area contributed by atoms with Crippen molar-refractivity contribution in [3.05, 3.63) is 47.9 Å².